The van der Waals surface area contributed by atoms with E-state index >= 15 is 0 Å². The standard InChI is InChI=1S/C23H22N4O2/c1-17-21(16-29-25-17)23(28)27(15-22-24-11-12-26(22)2)14-18-7-6-10-20(13-18)19-8-4-3-5-9-19/h3-13,16H,14-15H2,1-2H3. The van der Waals surface area contributed by atoms with Gasteiger partial charge in [-0.05, 0) is 29.7 Å². The molecule has 0 N–H and O–H groups in total. The number of hydrogen-bond acceptors (Lipinski definition) is 4. The third-order valence-electron chi connectivity index (χ3n) is 4.93. The maximum Gasteiger partial charge on any atom is 0.259 e. The lowest BCUT2D eigenvalue weighted by Gasteiger charge is -2.22. The molecule has 0 spiro atoms. The van der Waals surface area contributed by atoms with Crippen molar-refractivity contribution in [2.75, 3.05) is 0 Å². The lowest BCUT2D eigenvalue weighted by molar-refractivity contribution is 0.0722. The van der Waals surface area contributed by atoms with E-state index in [2.05, 4.69) is 34.4 Å². The molecule has 1 amide bonds. The highest BCUT2D eigenvalue weighted by Gasteiger charge is 2.22. The SMILES string of the molecule is Cc1nocc1C(=O)N(Cc1cccc(-c2ccccc2)c1)Cc1nccn1C. The van der Waals surface area contributed by atoms with E-state index in [1.54, 1.807) is 18.0 Å². The molecule has 4 aromatic rings. The zero-order chi connectivity index (χ0) is 20.2. The largest absolute Gasteiger partial charge is 0.364 e. The highest BCUT2D eigenvalue weighted by molar-refractivity contribution is 5.94. The number of carbonyl (C=O) groups excluding carboxylic acids is 1. The van der Waals surface area contributed by atoms with E-state index in [1.165, 1.54) is 6.26 Å². The van der Waals surface area contributed by atoms with Gasteiger partial charge < -0.3 is 14.0 Å². The minimum atomic E-state index is -0.128. The Morgan fingerprint density at radius 2 is 1.86 bits per heavy atom. The van der Waals surface area contributed by atoms with E-state index in [4.69, 9.17) is 4.52 Å². The van der Waals surface area contributed by atoms with Gasteiger partial charge in [0.2, 0.25) is 0 Å². The number of aromatic nitrogens is 3. The third-order valence-corrected chi connectivity index (χ3v) is 4.93. The fourth-order valence-electron chi connectivity index (χ4n) is 3.29. The molecule has 0 unspecified atom stereocenters. The first-order chi connectivity index (χ1) is 14.1. The van der Waals surface area contributed by atoms with Crippen LogP contribution in [-0.4, -0.2) is 25.5 Å². The highest BCUT2D eigenvalue weighted by Crippen LogP contribution is 2.22. The predicted octanol–water partition coefficient (Wildman–Crippen LogP) is 4.23. The monoisotopic (exact) mass is 386 g/mol. The molecular weight excluding hydrogens is 364 g/mol. The van der Waals surface area contributed by atoms with Crippen LogP contribution in [0.2, 0.25) is 0 Å². The summed E-state index contributed by atoms with van der Waals surface area (Å²) in [5.74, 6) is 0.684. The van der Waals surface area contributed by atoms with Crippen molar-refractivity contribution in [3.8, 4) is 11.1 Å². The molecular formula is C23H22N4O2. The van der Waals surface area contributed by atoms with E-state index in [0.717, 1.165) is 22.5 Å². The number of nitrogens with zero attached hydrogens (tertiary/aromatic N) is 4. The van der Waals surface area contributed by atoms with Gasteiger partial charge in [-0.15, -0.1) is 0 Å². The molecule has 6 heteroatoms. The van der Waals surface area contributed by atoms with Crippen molar-refractivity contribution >= 4 is 5.91 Å². The molecule has 0 aliphatic rings. The summed E-state index contributed by atoms with van der Waals surface area (Å²) >= 11 is 0. The van der Waals surface area contributed by atoms with Crippen molar-refractivity contribution in [1.82, 2.24) is 19.6 Å². The molecule has 2 aromatic carbocycles. The van der Waals surface area contributed by atoms with Crippen LogP contribution in [0.1, 0.15) is 27.4 Å². The number of benzene rings is 2. The first-order valence-corrected chi connectivity index (χ1v) is 9.42. The van der Waals surface area contributed by atoms with E-state index < -0.39 is 0 Å². The van der Waals surface area contributed by atoms with E-state index in [-0.39, 0.29) is 5.91 Å². The second-order valence-electron chi connectivity index (χ2n) is 7.00. The Labute approximate surface area is 169 Å². The maximum absolute atomic E-state index is 13.2. The summed E-state index contributed by atoms with van der Waals surface area (Å²) in [6.45, 7) is 2.62. The summed E-state index contributed by atoms with van der Waals surface area (Å²) in [5, 5.41) is 3.85. The van der Waals surface area contributed by atoms with Gasteiger partial charge in [0, 0.05) is 26.0 Å². The van der Waals surface area contributed by atoms with Crippen molar-refractivity contribution in [2.45, 2.75) is 20.0 Å². The van der Waals surface area contributed by atoms with Gasteiger partial charge in [-0.3, -0.25) is 4.79 Å². The number of aryl methyl sites for hydroxylation is 2. The molecule has 0 atom stereocenters. The maximum atomic E-state index is 13.2. The second kappa shape index (κ2) is 8.14. The lowest BCUT2D eigenvalue weighted by Crippen LogP contribution is -2.31. The van der Waals surface area contributed by atoms with E-state index in [1.807, 2.05) is 48.1 Å². The number of hydrogen-bond donors (Lipinski definition) is 0. The summed E-state index contributed by atoms with van der Waals surface area (Å²) in [6.07, 6.45) is 5.01. The van der Waals surface area contributed by atoms with Gasteiger partial charge in [0.1, 0.15) is 17.7 Å². The van der Waals surface area contributed by atoms with Crippen molar-refractivity contribution in [2.24, 2.45) is 7.05 Å². The van der Waals surface area contributed by atoms with Gasteiger partial charge in [0.05, 0.1) is 12.2 Å². The van der Waals surface area contributed by atoms with Crippen LogP contribution in [0.5, 0.6) is 0 Å². The van der Waals surface area contributed by atoms with Crippen LogP contribution < -0.4 is 0 Å². The van der Waals surface area contributed by atoms with Crippen LogP contribution in [0.15, 0.2) is 77.8 Å². The third kappa shape index (κ3) is 4.11. The second-order valence-corrected chi connectivity index (χ2v) is 7.00. The molecule has 2 heterocycles. The Balaban J connectivity index is 1.64. The van der Waals surface area contributed by atoms with Crippen LogP contribution in [0.3, 0.4) is 0 Å². The lowest BCUT2D eigenvalue weighted by atomic mass is 10.0. The van der Waals surface area contributed by atoms with Gasteiger partial charge >= 0.3 is 0 Å². The van der Waals surface area contributed by atoms with Crippen LogP contribution in [0.4, 0.5) is 0 Å². The quantitative estimate of drug-likeness (QED) is 0.498. The van der Waals surface area contributed by atoms with Crippen molar-refractivity contribution in [1.29, 1.82) is 0 Å². The molecule has 29 heavy (non-hydrogen) atoms. The topological polar surface area (TPSA) is 64.2 Å². The summed E-state index contributed by atoms with van der Waals surface area (Å²) < 4.78 is 6.90. The number of rotatable bonds is 6. The minimum absolute atomic E-state index is 0.128. The Morgan fingerprint density at radius 1 is 1.07 bits per heavy atom. The number of amides is 1. The molecule has 4 rings (SSSR count). The van der Waals surface area contributed by atoms with Gasteiger partial charge in [-0.1, -0.05) is 53.7 Å². The summed E-state index contributed by atoms with van der Waals surface area (Å²) in [4.78, 5) is 19.4. The summed E-state index contributed by atoms with van der Waals surface area (Å²) in [6, 6.07) is 18.5. The summed E-state index contributed by atoms with van der Waals surface area (Å²) in [5.41, 5.74) is 4.36. The number of carbonyl (C=O) groups is 1. The van der Waals surface area contributed by atoms with Gasteiger partial charge in [0.15, 0.2) is 0 Å². The van der Waals surface area contributed by atoms with Crippen LogP contribution in [0.25, 0.3) is 11.1 Å². The van der Waals surface area contributed by atoms with Gasteiger partial charge in [0.25, 0.3) is 5.91 Å². The molecule has 0 bridgehead atoms. The van der Waals surface area contributed by atoms with Crippen LogP contribution >= 0.6 is 0 Å². The predicted molar refractivity (Wildman–Crippen MR) is 110 cm³/mol. The Morgan fingerprint density at radius 3 is 2.55 bits per heavy atom. The summed E-state index contributed by atoms with van der Waals surface area (Å²) in [7, 11) is 1.92. The molecule has 0 saturated carbocycles. The van der Waals surface area contributed by atoms with Crippen LogP contribution in [0, 0.1) is 6.92 Å². The van der Waals surface area contributed by atoms with Gasteiger partial charge in [-0.25, -0.2) is 4.98 Å². The first-order valence-electron chi connectivity index (χ1n) is 9.42. The van der Waals surface area contributed by atoms with E-state index in [9.17, 15) is 4.79 Å². The Hall–Kier alpha value is -3.67. The van der Waals surface area contributed by atoms with Crippen LogP contribution in [-0.2, 0) is 20.1 Å². The molecule has 0 aliphatic carbocycles. The van der Waals surface area contributed by atoms with E-state index in [0.29, 0.717) is 24.3 Å². The normalized spacial score (nSPS) is 10.8. The average molecular weight is 386 g/mol. The Bertz CT molecular complexity index is 1110. The number of imidazole rings is 1. The van der Waals surface area contributed by atoms with Crippen molar-refractivity contribution in [3.63, 3.8) is 0 Å². The molecule has 0 radical (unpaired) electrons. The average Bonchev–Trinajstić information content (AvgIpc) is 3.36. The van der Waals surface area contributed by atoms with Crippen molar-refractivity contribution < 1.29 is 9.32 Å². The highest BCUT2D eigenvalue weighted by atomic mass is 16.5. The van der Waals surface area contributed by atoms with Gasteiger partial charge in [-0.2, -0.15) is 0 Å². The molecule has 146 valence electrons. The Kier molecular flexibility index (Phi) is 5.24. The zero-order valence-electron chi connectivity index (χ0n) is 16.4. The fourth-order valence-corrected chi connectivity index (χ4v) is 3.29. The molecule has 0 fully saturated rings. The minimum Gasteiger partial charge on any atom is -0.364 e. The molecule has 6 nitrogen and oxygen atoms in total. The van der Waals surface area contributed by atoms with Crippen molar-refractivity contribution in [3.05, 3.63) is 95.9 Å². The zero-order valence-corrected chi connectivity index (χ0v) is 16.4. The fraction of sp³-hybridized carbons (Fsp3) is 0.174. The first kappa shape index (κ1) is 18.7. The smallest absolute Gasteiger partial charge is 0.259 e. The molecule has 0 aliphatic heterocycles. The molecule has 2 aromatic heterocycles. The molecule has 0 saturated heterocycles.